The number of ether oxygens (including phenoxy) is 2. The summed E-state index contributed by atoms with van der Waals surface area (Å²) in [5, 5.41) is 3.29. The summed E-state index contributed by atoms with van der Waals surface area (Å²) in [6, 6.07) is 8.76. The van der Waals surface area contributed by atoms with Gasteiger partial charge in [0.1, 0.15) is 0 Å². The first kappa shape index (κ1) is 16.2. The van der Waals surface area contributed by atoms with E-state index in [1.165, 1.54) is 11.1 Å². The summed E-state index contributed by atoms with van der Waals surface area (Å²) < 4.78 is 11.2. The van der Waals surface area contributed by atoms with Crippen LogP contribution in [0.15, 0.2) is 24.3 Å². The molecule has 1 rings (SSSR count). The molecule has 0 saturated carbocycles. The van der Waals surface area contributed by atoms with Crippen LogP contribution in [-0.4, -0.2) is 33.5 Å². The van der Waals surface area contributed by atoms with Crippen molar-refractivity contribution >= 4 is 0 Å². The van der Waals surface area contributed by atoms with E-state index in [4.69, 9.17) is 9.47 Å². The lowest BCUT2D eigenvalue weighted by Crippen LogP contribution is -2.23. The largest absolute Gasteiger partial charge is 0.379 e. The number of rotatable bonds is 9. The first-order valence-corrected chi connectivity index (χ1v) is 7.02. The molecule has 3 nitrogen and oxygen atoms in total. The molecule has 3 heteroatoms. The molecule has 0 aromatic heterocycles. The summed E-state index contributed by atoms with van der Waals surface area (Å²) in [6.45, 7) is 9.20. The van der Waals surface area contributed by atoms with Gasteiger partial charge in [-0.05, 0) is 25.5 Å². The molecule has 0 aliphatic carbocycles. The first-order chi connectivity index (χ1) is 9.13. The second-order valence-electron chi connectivity index (χ2n) is 5.30. The molecular formula is C16H27NO2. The van der Waals surface area contributed by atoms with Crippen LogP contribution in [0.4, 0.5) is 0 Å². The Morgan fingerprint density at radius 3 is 2.37 bits per heavy atom. The first-order valence-electron chi connectivity index (χ1n) is 7.02. The molecule has 0 aliphatic heterocycles. The minimum absolute atomic E-state index is 0.241. The van der Waals surface area contributed by atoms with Gasteiger partial charge in [-0.1, -0.05) is 43.7 Å². The van der Waals surface area contributed by atoms with E-state index in [-0.39, 0.29) is 6.04 Å². The predicted molar refractivity (Wildman–Crippen MR) is 79.5 cm³/mol. The molecule has 108 valence electrons. The van der Waals surface area contributed by atoms with Gasteiger partial charge in [0.2, 0.25) is 0 Å². The third-order valence-electron chi connectivity index (χ3n) is 2.90. The maximum Gasteiger partial charge on any atom is 0.0701 e. The van der Waals surface area contributed by atoms with E-state index in [2.05, 4.69) is 50.4 Å². The van der Waals surface area contributed by atoms with Gasteiger partial charge in [0, 0.05) is 6.61 Å². The molecule has 0 saturated heterocycles. The van der Waals surface area contributed by atoms with Gasteiger partial charge in [0.15, 0.2) is 0 Å². The van der Waals surface area contributed by atoms with Gasteiger partial charge in [-0.2, -0.15) is 0 Å². The SMILES string of the molecule is CNC(COCCOCC(C)C)c1cccc(C)c1. The molecule has 1 N–H and O–H groups in total. The van der Waals surface area contributed by atoms with Crippen LogP contribution in [0, 0.1) is 12.8 Å². The van der Waals surface area contributed by atoms with Crippen LogP contribution in [-0.2, 0) is 9.47 Å². The summed E-state index contributed by atoms with van der Waals surface area (Å²) in [5.41, 5.74) is 2.55. The molecule has 0 heterocycles. The molecule has 1 unspecified atom stereocenters. The fourth-order valence-electron chi connectivity index (χ4n) is 1.87. The van der Waals surface area contributed by atoms with Gasteiger partial charge in [0.25, 0.3) is 0 Å². The Kier molecular flexibility index (Phi) is 7.72. The van der Waals surface area contributed by atoms with Crippen molar-refractivity contribution in [2.45, 2.75) is 26.8 Å². The molecule has 1 atom stereocenters. The summed E-state index contributed by atoms with van der Waals surface area (Å²) in [7, 11) is 1.96. The third kappa shape index (κ3) is 6.71. The van der Waals surface area contributed by atoms with Crippen LogP contribution in [0.25, 0.3) is 0 Å². The minimum Gasteiger partial charge on any atom is -0.379 e. The third-order valence-corrected chi connectivity index (χ3v) is 2.90. The van der Waals surface area contributed by atoms with Crippen molar-refractivity contribution in [3.05, 3.63) is 35.4 Å². The second-order valence-corrected chi connectivity index (χ2v) is 5.30. The zero-order chi connectivity index (χ0) is 14.1. The highest BCUT2D eigenvalue weighted by Gasteiger charge is 2.09. The molecule has 1 aromatic carbocycles. The summed E-state index contributed by atoms with van der Waals surface area (Å²) in [4.78, 5) is 0. The van der Waals surface area contributed by atoms with E-state index < -0.39 is 0 Å². The van der Waals surface area contributed by atoms with Crippen LogP contribution in [0.1, 0.15) is 31.0 Å². The van der Waals surface area contributed by atoms with E-state index in [1.54, 1.807) is 0 Å². The van der Waals surface area contributed by atoms with Crippen LogP contribution in [0.3, 0.4) is 0 Å². The van der Waals surface area contributed by atoms with Gasteiger partial charge < -0.3 is 14.8 Å². The van der Waals surface area contributed by atoms with Crippen molar-refractivity contribution in [2.24, 2.45) is 5.92 Å². The fourth-order valence-corrected chi connectivity index (χ4v) is 1.87. The van der Waals surface area contributed by atoms with E-state index in [0.29, 0.717) is 25.7 Å². The maximum absolute atomic E-state index is 5.68. The Morgan fingerprint density at radius 1 is 1.11 bits per heavy atom. The Balaban J connectivity index is 2.26. The topological polar surface area (TPSA) is 30.5 Å². The molecule has 0 amide bonds. The van der Waals surface area contributed by atoms with Gasteiger partial charge >= 0.3 is 0 Å². The lowest BCUT2D eigenvalue weighted by Gasteiger charge is -2.17. The molecule has 0 fully saturated rings. The monoisotopic (exact) mass is 265 g/mol. The van der Waals surface area contributed by atoms with Crippen molar-refractivity contribution in [1.29, 1.82) is 0 Å². The predicted octanol–water partition coefficient (Wildman–Crippen LogP) is 2.94. The van der Waals surface area contributed by atoms with Gasteiger partial charge in [0.05, 0.1) is 25.9 Å². The summed E-state index contributed by atoms with van der Waals surface area (Å²) >= 11 is 0. The van der Waals surface area contributed by atoms with Crippen molar-refractivity contribution in [3.8, 4) is 0 Å². The fraction of sp³-hybridized carbons (Fsp3) is 0.625. The van der Waals surface area contributed by atoms with E-state index >= 15 is 0 Å². The Bertz CT molecular complexity index is 352. The van der Waals surface area contributed by atoms with Crippen LogP contribution in [0.2, 0.25) is 0 Å². The van der Waals surface area contributed by atoms with Crippen LogP contribution >= 0.6 is 0 Å². The molecule has 1 aromatic rings. The number of aryl methyl sites for hydroxylation is 1. The number of benzene rings is 1. The van der Waals surface area contributed by atoms with Crippen molar-refractivity contribution in [2.75, 3.05) is 33.5 Å². The smallest absolute Gasteiger partial charge is 0.0701 e. The molecule has 0 radical (unpaired) electrons. The number of hydrogen-bond acceptors (Lipinski definition) is 3. The molecule has 0 spiro atoms. The van der Waals surface area contributed by atoms with E-state index in [0.717, 1.165) is 6.61 Å². The standard InChI is InChI=1S/C16H27NO2/c1-13(2)11-18-8-9-19-12-16(17-4)15-7-5-6-14(3)10-15/h5-7,10,13,16-17H,8-9,11-12H2,1-4H3. The Labute approximate surface area is 117 Å². The van der Waals surface area contributed by atoms with Gasteiger partial charge in [-0.25, -0.2) is 0 Å². The second kappa shape index (κ2) is 9.08. The van der Waals surface area contributed by atoms with E-state index in [1.807, 2.05) is 7.05 Å². The lowest BCUT2D eigenvalue weighted by atomic mass is 10.1. The highest BCUT2D eigenvalue weighted by molar-refractivity contribution is 5.25. The summed E-state index contributed by atoms with van der Waals surface area (Å²) in [5.74, 6) is 0.581. The molecular weight excluding hydrogens is 238 g/mol. The maximum atomic E-state index is 5.68. The quantitative estimate of drug-likeness (QED) is 0.696. The molecule has 0 aliphatic rings. The highest BCUT2D eigenvalue weighted by Crippen LogP contribution is 2.14. The zero-order valence-corrected chi connectivity index (χ0v) is 12.6. The average Bonchev–Trinajstić information content (AvgIpc) is 2.37. The minimum atomic E-state index is 0.241. The highest BCUT2D eigenvalue weighted by atomic mass is 16.5. The number of nitrogens with one attached hydrogen (secondary N) is 1. The van der Waals surface area contributed by atoms with Crippen LogP contribution < -0.4 is 5.32 Å². The van der Waals surface area contributed by atoms with E-state index in [9.17, 15) is 0 Å². The summed E-state index contributed by atoms with van der Waals surface area (Å²) in [6.07, 6.45) is 0. The van der Waals surface area contributed by atoms with Crippen molar-refractivity contribution in [1.82, 2.24) is 5.32 Å². The zero-order valence-electron chi connectivity index (χ0n) is 12.6. The Hall–Kier alpha value is -0.900. The van der Waals surface area contributed by atoms with Crippen LogP contribution in [0.5, 0.6) is 0 Å². The normalized spacial score (nSPS) is 12.9. The van der Waals surface area contributed by atoms with Gasteiger partial charge in [-0.15, -0.1) is 0 Å². The van der Waals surface area contributed by atoms with Crippen molar-refractivity contribution < 1.29 is 9.47 Å². The lowest BCUT2D eigenvalue weighted by molar-refractivity contribution is 0.0309. The molecule has 19 heavy (non-hydrogen) atoms. The molecule has 0 bridgehead atoms. The van der Waals surface area contributed by atoms with Gasteiger partial charge in [-0.3, -0.25) is 0 Å². The van der Waals surface area contributed by atoms with Crippen molar-refractivity contribution in [3.63, 3.8) is 0 Å². The average molecular weight is 265 g/mol. The number of likely N-dealkylation sites (N-methyl/N-ethyl adjacent to an activating group) is 1. The Morgan fingerprint density at radius 2 is 1.79 bits per heavy atom. The number of hydrogen-bond donors (Lipinski definition) is 1.